The van der Waals surface area contributed by atoms with E-state index in [1.807, 2.05) is 53.2 Å². The van der Waals surface area contributed by atoms with E-state index in [-0.39, 0.29) is 17.7 Å². The van der Waals surface area contributed by atoms with E-state index in [1.54, 1.807) is 0 Å². The Balaban J connectivity index is 1.47. The van der Waals surface area contributed by atoms with Gasteiger partial charge in [0, 0.05) is 31.4 Å². The molecule has 1 saturated heterocycles. The maximum atomic E-state index is 12.6. The smallest absolute Gasteiger partial charge is 0.254 e. The SMILES string of the molecule is CN(Cc1ccc2nc(N)nc(N)c2n1)c1ccc(C(=O)N2CCOCC2)cc1. The largest absolute Gasteiger partial charge is 0.382 e. The summed E-state index contributed by atoms with van der Waals surface area (Å²) in [6.07, 6.45) is 0. The Bertz CT molecular complexity index is 1030. The van der Waals surface area contributed by atoms with Crippen molar-refractivity contribution in [3.05, 3.63) is 47.7 Å². The van der Waals surface area contributed by atoms with Gasteiger partial charge in [-0.1, -0.05) is 0 Å². The van der Waals surface area contributed by atoms with E-state index >= 15 is 0 Å². The van der Waals surface area contributed by atoms with Crippen LogP contribution in [0.5, 0.6) is 0 Å². The molecule has 0 bridgehead atoms. The summed E-state index contributed by atoms with van der Waals surface area (Å²) in [6, 6.07) is 11.3. The van der Waals surface area contributed by atoms with Crippen LogP contribution in [-0.2, 0) is 11.3 Å². The summed E-state index contributed by atoms with van der Waals surface area (Å²) in [5, 5.41) is 0. The van der Waals surface area contributed by atoms with E-state index < -0.39 is 0 Å². The van der Waals surface area contributed by atoms with Gasteiger partial charge in [0.05, 0.1) is 31.0 Å². The van der Waals surface area contributed by atoms with Crippen molar-refractivity contribution in [3.63, 3.8) is 0 Å². The topological polar surface area (TPSA) is 123 Å². The van der Waals surface area contributed by atoms with E-state index in [4.69, 9.17) is 16.2 Å². The zero-order valence-corrected chi connectivity index (χ0v) is 16.2. The van der Waals surface area contributed by atoms with Crippen LogP contribution in [0.4, 0.5) is 17.5 Å². The van der Waals surface area contributed by atoms with Gasteiger partial charge in [-0.05, 0) is 36.4 Å². The lowest BCUT2D eigenvalue weighted by Gasteiger charge is -2.27. The molecule has 1 aliphatic heterocycles. The van der Waals surface area contributed by atoms with Crippen molar-refractivity contribution in [2.45, 2.75) is 6.54 Å². The van der Waals surface area contributed by atoms with Crippen LogP contribution >= 0.6 is 0 Å². The first-order chi connectivity index (χ1) is 14.0. The number of anilines is 3. The first kappa shape index (κ1) is 18.9. The molecule has 9 heteroatoms. The second-order valence-corrected chi connectivity index (χ2v) is 6.94. The van der Waals surface area contributed by atoms with Crippen molar-refractivity contribution in [2.24, 2.45) is 0 Å². The molecular weight excluding hydrogens is 370 g/mol. The Morgan fingerprint density at radius 3 is 2.52 bits per heavy atom. The van der Waals surface area contributed by atoms with Crippen molar-refractivity contribution in [2.75, 3.05) is 49.7 Å². The van der Waals surface area contributed by atoms with E-state index in [0.717, 1.165) is 11.4 Å². The van der Waals surface area contributed by atoms with Crippen molar-refractivity contribution in [1.82, 2.24) is 19.9 Å². The average Bonchev–Trinajstić information content (AvgIpc) is 2.74. The second kappa shape index (κ2) is 7.88. The molecule has 9 nitrogen and oxygen atoms in total. The van der Waals surface area contributed by atoms with Crippen LogP contribution in [0.25, 0.3) is 11.0 Å². The highest BCUT2D eigenvalue weighted by Gasteiger charge is 2.18. The van der Waals surface area contributed by atoms with Gasteiger partial charge in [-0.25, -0.2) is 9.97 Å². The average molecular weight is 393 g/mol. The fraction of sp³-hybridized carbons (Fsp3) is 0.300. The summed E-state index contributed by atoms with van der Waals surface area (Å²) in [6.45, 7) is 3.01. The fourth-order valence-corrected chi connectivity index (χ4v) is 3.33. The Morgan fingerprint density at radius 2 is 1.79 bits per heavy atom. The van der Waals surface area contributed by atoms with Gasteiger partial charge in [-0.15, -0.1) is 0 Å². The number of pyridine rings is 1. The summed E-state index contributed by atoms with van der Waals surface area (Å²) in [7, 11) is 1.97. The molecule has 0 saturated carbocycles. The third-order valence-electron chi connectivity index (χ3n) is 4.90. The Kier molecular flexibility index (Phi) is 5.13. The summed E-state index contributed by atoms with van der Waals surface area (Å²) >= 11 is 0. The number of nitrogen functional groups attached to an aromatic ring is 2. The van der Waals surface area contributed by atoms with E-state index in [2.05, 4.69) is 15.0 Å². The third kappa shape index (κ3) is 4.04. The number of nitrogens with two attached hydrogens (primary N) is 2. The highest BCUT2D eigenvalue weighted by molar-refractivity contribution is 5.94. The van der Waals surface area contributed by atoms with Crippen LogP contribution < -0.4 is 16.4 Å². The number of amides is 1. The first-order valence-corrected chi connectivity index (χ1v) is 9.38. The Labute approximate surface area is 168 Å². The molecule has 1 fully saturated rings. The monoisotopic (exact) mass is 393 g/mol. The van der Waals surface area contributed by atoms with Gasteiger partial charge in [0.15, 0.2) is 5.82 Å². The van der Waals surface area contributed by atoms with Gasteiger partial charge in [0.25, 0.3) is 5.91 Å². The molecular formula is C20H23N7O2. The number of benzene rings is 1. The van der Waals surface area contributed by atoms with Crippen LogP contribution in [-0.4, -0.2) is 59.1 Å². The number of ether oxygens (including phenoxy) is 1. The molecule has 3 aromatic rings. The maximum Gasteiger partial charge on any atom is 0.254 e. The van der Waals surface area contributed by atoms with Gasteiger partial charge < -0.3 is 26.0 Å². The highest BCUT2D eigenvalue weighted by Crippen LogP contribution is 2.20. The Morgan fingerprint density at radius 1 is 1.07 bits per heavy atom. The predicted molar refractivity (Wildman–Crippen MR) is 111 cm³/mol. The zero-order chi connectivity index (χ0) is 20.4. The molecule has 0 unspecified atom stereocenters. The summed E-state index contributed by atoms with van der Waals surface area (Å²) in [5.41, 5.74) is 15.2. The second-order valence-electron chi connectivity index (χ2n) is 6.94. The minimum atomic E-state index is 0.0356. The molecule has 4 N–H and O–H groups in total. The molecule has 1 aromatic carbocycles. The van der Waals surface area contributed by atoms with Crippen molar-refractivity contribution < 1.29 is 9.53 Å². The van der Waals surface area contributed by atoms with E-state index in [0.29, 0.717) is 49.4 Å². The molecule has 0 atom stereocenters. The van der Waals surface area contributed by atoms with Crippen LogP contribution in [0.2, 0.25) is 0 Å². The number of hydrogen-bond donors (Lipinski definition) is 2. The number of hydrogen-bond acceptors (Lipinski definition) is 8. The van der Waals surface area contributed by atoms with Crippen molar-refractivity contribution >= 4 is 34.4 Å². The molecule has 3 heterocycles. The van der Waals surface area contributed by atoms with E-state index in [9.17, 15) is 4.79 Å². The molecule has 0 radical (unpaired) electrons. The summed E-state index contributed by atoms with van der Waals surface area (Å²) < 4.78 is 5.30. The lowest BCUT2D eigenvalue weighted by atomic mass is 10.1. The van der Waals surface area contributed by atoms with Crippen LogP contribution in [0.3, 0.4) is 0 Å². The number of rotatable bonds is 4. The lowest BCUT2D eigenvalue weighted by molar-refractivity contribution is 0.0303. The fourth-order valence-electron chi connectivity index (χ4n) is 3.33. The molecule has 29 heavy (non-hydrogen) atoms. The molecule has 4 rings (SSSR count). The predicted octanol–water partition coefficient (Wildman–Crippen LogP) is 1.30. The molecule has 150 valence electrons. The number of carbonyl (C=O) groups is 1. The first-order valence-electron chi connectivity index (χ1n) is 9.38. The van der Waals surface area contributed by atoms with Gasteiger partial charge >= 0.3 is 0 Å². The number of carbonyl (C=O) groups excluding carboxylic acids is 1. The third-order valence-corrected chi connectivity index (χ3v) is 4.90. The standard InChI is InChI=1S/C20H23N7O2/c1-26(12-14-4-7-16-17(23-14)18(21)25-20(22)24-16)15-5-2-13(3-6-15)19(28)27-8-10-29-11-9-27/h2-7H,8-12H2,1H3,(H4,21,22,24,25). The van der Waals surface area contributed by atoms with Crippen LogP contribution in [0.15, 0.2) is 36.4 Å². The molecule has 1 aliphatic rings. The molecule has 1 amide bonds. The zero-order valence-electron chi connectivity index (χ0n) is 16.2. The maximum absolute atomic E-state index is 12.6. The van der Waals surface area contributed by atoms with Gasteiger partial charge in [0.1, 0.15) is 5.52 Å². The molecule has 2 aromatic heterocycles. The lowest BCUT2D eigenvalue weighted by Crippen LogP contribution is -2.40. The molecule has 0 aliphatic carbocycles. The highest BCUT2D eigenvalue weighted by atomic mass is 16.5. The van der Waals surface area contributed by atoms with Crippen molar-refractivity contribution in [1.29, 1.82) is 0 Å². The summed E-state index contributed by atoms with van der Waals surface area (Å²) in [4.78, 5) is 29.1. The van der Waals surface area contributed by atoms with Gasteiger partial charge in [0.2, 0.25) is 5.95 Å². The number of nitrogens with zero attached hydrogens (tertiary/aromatic N) is 5. The minimum Gasteiger partial charge on any atom is -0.382 e. The van der Waals surface area contributed by atoms with Crippen LogP contribution in [0, 0.1) is 0 Å². The Hall–Kier alpha value is -3.46. The van der Waals surface area contributed by atoms with Crippen LogP contribution in [0.1, 0.15) is 16.1 Å². The summed E-state index contributed by atoms with van der Waals surface area (Å²) in [5.74, 6) is 0.435. The quantitative estimate of drug-likeness (QED) is 0.680. The van der Waals surface area contributed by atoms with Gasteiger partial charge in [-0.3, -0.25) is 4.79 Å². The number of fused-ring (bicyclic) bond motifs is 1. The number of aromatic nitrogens is 3. The normalized spacial score (nSPS) is 14.2. The molecule has 0 spiro atoms. The van der Waals surface area contributed by atoms with Crippen molar-refractivity contribution in [3.8, 4) is 0 Å². The minimum absolute atomic E-state index is 0.0356. The number of morpholine rings is 1. The van der Waals surface area contributed by atoms with E-state index in [1.165, 1.54) is 0 Å². The van der Waals surface area contributed by atoms with Gasteiger partial charge in [-0.2, -0.15) is 4.98 Å².